The number of carbonyl (C=O) groups excluding carboxylic acids is 1. The number of anilines is 1. The van der Waals surface area contributed by atoms with Crippen molar-refractivity contribution in [3.63, 3.8) is 0 Å². The zero-order valence-corrected chi connectivity index (χ0v) is 17.2. The van der Waals surface area contributed by atoms with Crippen molar-refractivity contribution in [1.82, 2.24) is 25.1 Å². The van der Waals surface area contributed by atoms with Gasteiger partial charge in [-0.3, -0.25) is 4.79 Å². The number of rotatable bonds is 7. The number of nitrogens with one attached hydrogen (secondary N) is 2. The molecule has 0 radical (unpaired) electrons. The van der Waals surface area contributed by atoms with E-state index in [2.05, 4.69) is 25.9 Å². The van der Waals surface area contributed by atoms with Crippen molar-refractivity contribution in [3.8, 4) is 0 Å². The van der Waals surface area contributed by atoms with E-state index in [0.717, 1.165) is 11.1 Å². The number of carbonyl (C=O) groups is 1. The normalized spacial score (nSPS) is 10.9. The Hall–Kier alpha value is -3.45. The predicted octanol–water partition coefficient (Wildman–Crippen LogP) is 3.67. The molecule has 1 amide bonds. The van der Waals surface area contributed by atoms with Gasteiger partial charge in [0.05, 0.1) is 0 Å². The number of aromatic nitrogens is 4. The van der Waals surface area contributed by atoms with Crippen LogP contribution in [-0.4, -0.2) is 32.3 Å². The number of aryl methyl sites for hydroxylation is 1. The Morgan fingerprint density at radius 2 is 1.93 bits per heavy atom. The minimum atomic E-state index is -0.109. The summed E-state index contributed by atoms with van der Waals surface area (Å²) in [5.41, 5.74) is 3.33. The molecule has 0 unspecified atom stereocenters. The van der Waals surface area contributed by atoms with E-state index < -0.39 is 0 Å². The molecule has 0 saturated heterocycles. The van der Waals surface area contributed by atoms with Gasteiger partial charge in [0.15, 0.2) is 11.5 Å². The Bertz CT molecular complexity index is 1190. The molecule has 0 spiro atoms. The summed E-state index contributed by atoms with van der Waals surface area (Å²) in [5, 5.41) is 19.8. The lowest BCUT2D eigenvalue weighted by atomic mass is 10.1. The summed E-state index contributed by atoms with van der Waals surface area (Å²) < 4.78 is 1.69. The molecule has 2 aromatic heterocycles. The SMILES string of the molecule is Cc1cccc(C(=O)NCCc2nnc3ccc(NCc4ccccc4Cl)nn23)c1. The third-order valence-corrected chi connectivity index (χ3v) is 5.03. The molecule has 0 fully saturated rings. The van der Waals surface area contributed by atoms with Gasteiger partial charge in [0.1, 0.15) is 5.82 Å². The first-order valence-electron chi connectivity index (χ1n) is 9.63. The zero-order valence-electron chi connectivity index (χ0n) is 16.5. The van der Waals surface area contributed by atoms with Crippen LogP contribution in [0.4, 0.5) is 5.82 Å². The Morgan fingerprint density at radius 3 is 2.77 bits per heavy atom. The maximum absolute atomic E-state index is 12.3. The van der Waals surface area contributed by atoms with Crippen molar-refractivity contribution < 1.29 is 4.79 Å². The number of benzene rings is 2. The number of nitrogens with zero attached hydrogens (tertiary/aromatic N) is 4. The second-order valence-corrected chi connectivity index (χ2v) is 7.33. The number of halogens is 1. The maximum Gasteiger partial charge on any atom is 0.251 e. The van der Waals surface area contributed by atoms with Crippen LogP contribution in [-0.2, 0) is 13.0 Å². The van der Waals surface area contributed by atoms with Crippen molar-refractivity contribution in [2.24, 2.45) is 0 Å². The highest BCUT2D eigenvalue weighted by molar-refractivity contribution is 6.31. The Morgan fingerprint density at radius 1 is 1.07 bits per heavy atom. The predicted molar refractivity (Wildman–Crippen MR) is 117 cm³/mol. The Kier molecular flexibility index (Phi) is 5.90. The molecule has 4 rings (SSSR count). The van der Waals surface area contributed by atoms with E-state index >= 15 is 0 Å². The van der Waals surface area contributed by atoms with E-state index in [-0.39, 0.29) is 5.91 Å². The zero-order chi connectivity index (χ0) is 20.9. The summed E-state index contributed by atoms with van der Waals surface area (Å²) in [4.78, 5) is 12.3. The van der Waals surface area contributed by atoms with E-state index in [1.165, 1.54) is 0 Å². The molecule has 0 aliphatic rings. The molecule has 4 aromatic rings. The van der Waals surface area contributed by atoms with Crippen LogP contribution in [0.2, 0.25) is 5.02 Å². The largest absolute Gasteiger partial charge is 0.364 e. The van der Waals surface area contributed by atoms with Gasteiger partial charge in [0, 0.05) is 30.1 Å². The first-order valence-corrected chi connectivity index (χ1v) is 10.0. The van der Waals surface area contributed by atoms with Crippen LogP contribution in [0.5, 0.6) is 0 Å². The first kappa shape index (κ1) is 19.8. The molecular weight excluding hydrogens is 400 g/mol. The maximum atomic E-state index is 12.3. The second-order valence-electron chi connectivity index (χ2n) is 6.93. The molecule has 0 aliphatic carbocycles. The van der Waals surface area contributed by atoms with Crippen molar-refractivity contribution in [1.29, 1.82) is 0 Å². The van der Waals surface area contributed by atoms with Gasteiger partial charge in [-0.1, -0.05) is 47.5 Å². The topological polar surface area (TPSA) is 84.2 Å². The van der Waals surface area contributed by atoms with Crippen molar-refractivity contribution >= 4 is 29.0 Å². The van der Waals surface area contributed by atoms with Crippen LogP contribution in [0.3, 0.4) is 0 Å². The molecule has 152 valence electrons. The molecular formula is C22H21ClN6O. The fourth-order valence-corrected chi connectivity index (χ4v) is 3.29. The molecule has 2 heterocycles. The number of hydrogen-bond acceptors (Lipinski definition) is 5. The minimum absolute atomic E-state index is 0.109. The van der Waals surface area contributed by atoms with Gasteiger partial charge in [-0.15, -0.1) is 15.3 Å². The van der Waals surface area contributed by atoms with Gasteiger partial charge < -0.3 is 10.6 Å². The highest BCUT2D eigenvalue weighted by Gasteiger charge is 2.10. The standard InChI is InChI=1S/C22H21ClN6O/c1-15-5-4-7-16(13-15)22(30)24-12-11-21-27-26-20-10-9-19(28-29(20)21)25-14-17-6-2-3-8-18(17)23/h2-10,13H,11-12,14H2,1H3,(H,24,30)(H,25,28). The fourth-order valence-electron chi connectivity index (χ4n) is 3.09. The molecule has 2 N–H and O–H groups in total. The van der Waals surface area contributed by atoms with Crippen LogP contribution < -0.4 is 10.6 Å². The summed E-state index contributed by atoms with van der Waals surface area (Å²) in [5.74, 6) is 1.26. The smallest absolute Gasteiger partial charge is 0.251 e. The average Bonchev–Trinajstić information content (AvgIpc) is 3.15. The number of amides is 1. The van der Waals surface area contributed by atoms with Crippen molar-refractivity contribution in [2.75, 3.05) is 11.9 Å². The molecule has 0 saturated carbocycles. The van der Waals surface area contributed by atoms with E-state index in [0.29, 0.717) is 47.4 Å². The minimum Gasteiger partial charge on any atom is -0.364 e. The lowest BCUT2D eigenvalue weighted by Gasteiger charge is -2.08. The van der Waals surface area contributed by atoms with Crippen LogP contribution in [0, 0.1) is 6.92 Å². The van der Waals surface area contributed by atoms with E-state index in [4.69, 9.17) is 11.6 Å². The molecule has 8 heteroatoms. The van der Waals surface area contributed by atoms with E-state index in [1.54, 1.807) is 10.6 Å². The Labute approximate surface area is 179 Å². The van der Waals surface area contributed by atoms with Crippen LogP contribution >= 0.6 is 11.6 Å². The van der Waals surface area contributed by atoms with Gasteiger partial charge in [-0.25, -0.2) is 0 Å². The highest BCUT2D eigenvalue weighted by atomic mass is 35.5. The molecule has 0 atom stereocenters. The first-order chi connectivity index (χ1) is 14.6. The van der Waals surface area contributed by atoms with Crippen LogP contribution in [0.15, 0.2) is 60.7 Å². The summed E-state index contributed by atoms with van der Waals surface area (Å²) in [6.45, 7) is 2.96. The average molecular weight is 421 g/mol. The van der Waals surface area contributed by atoms with Gasteiger partial charge in [-0.2, -0.15) is 4.52 Å². The quantitative estimate of drug-likeness (QED) is 0.476. The lowest BCUT2D eigenvalue weighted by Crippen LogP contribution is -2.26. The third kappa shape index (κ3) is 4.58. The molecule has 7 nitrogen and oxygen atoms in total. The van der Waals surface area contributed by atoms with Crippen LogP contribution in [0.25, 0.3) is 5.65 Å². The Balaban J connectivity index is 1.40. The molecule has 30 heavy (non-hydrogen) atoms. The van der Waals surface area contributed by atoms with Crippen LogP contribution in [0.1, 0.15) is 27.3 Å². The monoisotopic (exact) mass is 420 g/mol. The van der Waals surface area contributed by atoms with Gasteiger partial charge in [-0.05, 0) is 42.8 Å². The molecule has 0 aliphatic heterocycles. The second kappa shape index (κ2) is 8.92. The van der Waals surface area contributed by atoms with Crippen molar-refractivity contribution in [2.45, 2.75) is 19.9 Å². The van der Waals surface area contributed by atoms with Crippen molar-refractivity contribution in [3.05, 3.63) is 88.2 Å². The summed E-state index contributed by atoms with van der Waals surface area (Å²) in [6, 6.07) is 18.9. The lowest BCUT2D eigenvalue weighted by molar-refractivity contribution is 0.0954. The van der Waals surface area contributed by atoms with Gasteiger partial charge in [0.2, 0.25) is 0 Å². The summed E-state index contributed by atoms with van der Waals surface area (Å²) in [6.07, 6.45) is 0.514. The van der Waals surface area contributed by atoms with Gasteiger partial charge in [0.25, 0.3) is 5.91 Å². The number of fused-ring (bicyclic) bond motifs is 1. The molecule has 2 aromatic carbocycles. The highest BCUT2D eigenvalue weighted by Crippen LogP contribution is 2.16. The van der Waals surface area contributed by atoms with Gasteiger partial charge >= 0.3 is 0 Å². The summed E-state index contributed by atoms with van der Waals surface area (Å²) in [7, 11) is 0. The fraction of sp³-hybridized carbons (Fsp3) is 0.182. The van der Waals surface area contributed by atoms with E-state index in [9.17, 15) is 4.79 Å². The third-order valence-electron chi connectivity index (χ3n) is 4.66. The number of hydrogen-bond donors (Lipinski definition) is 2. The molecule has 0 bridgehead atoms. The summed E-state index contributed by atoms with van der Waals surface area (Å²) >= 11 is 6.21. The van der Waals surface area contributed by atoms with E-state index in [1.807, 2.05) is 61.5 Å².